The fourth-order valence-corrected chi connectivity index (χ4v) is 13.8. The number of methoxy groups -OCH3 is 2. The van der Waals surface area contributed by atoms with Crippen molar-refractivity contribution in [3.05, 3.63) is 67.2 Å². The first-order valence-corrected chi connectivity index (χ1v) is 39.7. The first-order chi connectivity index (χ1) is 54.8. The van der Waals surface area contributed by atoms with Crippen LogP contribution in [0.3, 0.4) is 0 Å². The summed E-state index contributed by atoms with van der Waals surface area (Å²) < 4.78 is 149. The number of rotatable bonds is 47. The molecule has 1 aromatic carbocycles. The topological polar surface area (TPSA) is 461 Å². The summed E-state index contributed by atoms with van der Waals surface area (Å²) in [5, 5.41) is 12.4. The Morgan fingerprint density at radius 3 is 1.34 bits per heavy atom. The third-order valence-corrected chi connectivity index (χ3v) is 19.5. The zero-order valence-corrected chi connectivity index (χ0v) is 66.9. The molecule has 7 rings (SSSR count). The fourth-order valence-electron chi connectivity index (χ4n) is 13.8. The van der Waals surface area contributed by atoms with Gasteiger partial charge >= 0.3 is 35.8 Å². The molecular formula is C75H117N9O29. The lowest BCUT2D eigenvalue weighted by Gasteiger charge is -2.52. The van der Waals surface area contributed by atoms with Crippen molar-refractivity contribution in [3.8, 4) is 0 Å². The van der Waals surface area contributed by atoms with Crippen molar-refractivity contribution < 1.29 is 138 Å². The van der Waals surface area contributed by atoms with Crippen LogP contribution >= 0.6 is 0 Å². The molecule has 6 aliphatic rings. The van der Waals surface area contributed by atoms with Crippen LogP contribution in [0.25, 0.3) is 31.3 Å². The second-order valence-corrected chi connectivity index (χ2v) is 27.9. The minimum atomic E-state index is -1.97. The van der Waals surface area contributed by atoms with E-state index in [1.165, 1.54) is 33.1 Å². The van der Waals surface area contributed by atoms with Crippen LogP contribution in [0.15, 0.2) is 45.7 Å². The Balaban J connectivity index is 1.37. The van der Waals surface area contributed by atoms with Crippen LogP contribution in [0.5, 0.6) is 0 Å². The van der Waals surface area contributed by atoms with Gasteiger partial charge in [-0.25, -0.2) is 14.4 Å². The van der Waals surface area contributed by atoms with Crippen molar-refractivity contribution in [2.24, 2.45) is 15.3 Å². The molecule has 0 saturated carbocycles. The molecular weight excluding hydrogens is 1490 g/mol. The monoisotopic (exact) mass is 1610 g/mol. The van der Waals surface area contributed by atoms with E-state index in [1.807, 2.05) is 41.5 Å². The van der Waals surface area contributed by atoms with Gasteiger partial charge in [-0.15, -0.1) is 0 Å². The van der Waals surface area contributed by atoms with Crippen LogP contribution < -0.4 is 0 Å². The van der Waals surface area contributed by atoms with E-state index in [9.17, 15) is 40.6 Å². The lowest BCUT2D eigenvalue weighted by Crippen LogP contribution is -2.69. The number of hydrogen-bond donors (Lipinski definition) is 0. The maximum absolute atomic E-state index is 15.3. The molecule has 113 heavy (non-hydrogen) atoms. The molecule has 0 amide bonds. The third-order valence-electron chi connectivity index (χ3n) is 19.5. The van der Waals surface area contributed by atoms with Crippen LogP contribution in [0.1, 0.15) is 182 Å². The molecule has 0 aliphatic carbocycles. The molecule has 636 valence electrons. The van der Waals surface area contributed by atoms with Crippen molar-refractivity contribution in [1.29, 1.82) is 0 Å². The smallest absolute Gasteiger partial charge is 0.338 e. The highest BCUT2D eigenvalue weighted by Crippen LogP contribution is 2.43. The highest BCUT2D eigenvalue weighted by Gasteiger charge is 2.62. The predicted octanol–water partition coefficient (Wildman–Crippen LogP) is 9.88. The van der Waals surface area contributed by atoms with E-state index in [1.54, 1.807) is 25.1 Å². The Bertz CT molecular complexity index is 3190. The number of hydrogen-bond acceptors (Lipinski definition) is 32. The molecule has 38 heteroatoms. The quantitative estimate of drug-likeness (QED) is 0.0146. The SMILES string of the molecule is CCCCOC(=O)C1O[C@@H](O[C@@H]2C(CC)O[C@H](O[C@@H]3C(C(=O)OC)O[C@@H](O[C@@H]4C(COC(C)=O)O[C@H](OC)C(N=[N+]=[N-])C4OCCCC)C(OC(=O)c4ccccc4)C3OCCCC)C(N=[N+]=[N-])C2OC(C)=O)C(OC2CCCCO2)C(OCCCC)[C@@H]1O[C@H]1OC(COC(C)=O)[C@@H](OCCCC)C(OCCCC)C1N=[N+]=[N-]. The number of azide groups is 3. The molecule has 16 unspecified atom stereocenters. The number of unbranched alkanes of at least 4 members (excludes halogenated alkanes) is 6. The van der Waals surface area contributed by atoms with E-state index in [4.69, 9.17) is 109 Å². The van der Waals surface area contributed by atoms with Gasteiger partial charge in [-0.1, -0.05) is 121 Å². The fraction of sp³-hybridized carbons (Fsp3) is 0.840. The van der Waals surface area contributed by atoms with E-state index in [-0.39, 0.29) is 64.8 Å². The minimum absolute atomic E-state index is 0.0113. The number of carbonyl (C=O) groups excluding carboxylic acids is 6. The molecule has 0 radical (unpaired) electrons. The molecule has 6 fully saturated rings. The van der Waals surface area contributed by atoms with Crippen molar-refractivity contribution in [3.63, 3.8) is 0 Å². The third kappa shape index (κ3) is 26.9. The standard InChI is InChI=1S/C75H117N9O29/c1-13-20-34-94-54-48(41-100-43(8)85)105-72(52(80-83-77)57(54)95-35-21-14-2)111-63-60(97-37-23-16-4)66(106-50-33-29-30-40-93-50)74(113-65(63)70(90)99-39-25-18-6)108-55-47(19-7)103-73(53(81-84-78)59(55)102-45(10)87)110-62-61(98-38-24-17-5)67(107-68(88)46-31-27-26-28-32-46)75(112-64(62)69(89)91-11)109-56-49(42-101-44(9)86)104-71(92-12)51(79-82-76)58(56)96-36-22-15-3/h26-28,31-32,47-67,71-75H,13-25,29-30,33-42H2,1-12H3/t47?,48?,49?,50?,51?,52?,53?,54-,55-,56-,57?,58?,59?,60?,61?,62+,63+,64?,65?,66?,67?,71+,72-,73-,74-,75-/m1/s1. The Hall–Kier alpha value is -6.71. The Morgan fingerprint density at radius 1 is 0.425 bits per heavy atom. The maximum atomic E-state index is 15.3. The number of benzene rings is 1. The lowest BCUT2D eigenvalue weighted by atomic mass is 9.93. The number of ether oxygens (including phenoxy) is 23. The first-order valence-electron chi connectivity index (χ1n) is 39.7. The van der Waals surface area contributed by atoms with Crippen molar-refractivity contribution >= 4 is 35.8 Å². The number of nitrogens with zero attached hydrogens (tertiary/aromatic N) is 9. The zero-order valence-electron chi connectivity index (χ0n) is 66.9. The van der Waals surface area contributed by atoms with Gasteiger partial charge in [0.1, 0.15) is 98.5 Å². The summed E-state index contributed by atoms with van der Waals surface area (Å²) in [5.74, 6) is -5.32. The van der Waals surface area contributed by atoms with Crippen LogP contribution in [0, 0.1) is 0 Å². The summed E-state index contributed by atoms with van der Waals surface area (Å²) in [6.07, 6.45) is -26.6. The molecule has 6 heterocycles. The molecule has 0 spiro atoms. The van der Waals surface area contributed by atoms with Gasteiger partial charge in [0.05, 0.1) is 37.6 Å². The van der Waals surface area contributed by atoms with E-state index >= 15 is 4.79 Å². The van der Waals surface area contributed by atoms with Gasteiger partial charge in [0.25, 0.3) is 0 Å². The Labute approximate surface area is 659 Å². The second kappa shape index (κ2) is 50.0. The second-order valence-electron chi connectivity index (χ2n) is 27.9. The molecule has 6 aliphatic heterocycles. The summed E-state index contributed by atoms with van der Waals surface area (Å²) in [7, 11) is 2.37. The molecule has 0 aromatic heterocycles. The van der Waals surface area contributed by atoms with E-state index < -0.39 is 202 Å². The van der Waals surface area contributed by atoms with E-state index in [0.717, 1.165) is 26.9 Å². The van der Waals surface area contributed by atoms with E-state index in [2.05, 4.69) is 30.1 Å². The number of esters is 6. The lowest BCUT2D eigenvalue weighted by molar-refractivity contribution is -0.387. The van der Waals surface area contributed by atoms with Gasteiger partial charge in [0, 0.05) is 82.3 Å². The highest BCUT2D eigenvalue weighted by molar-refractivity contribution is 5.89. The summed E-state index contributed by atoms with van der Waals surface area (Å²) in [4.78, 5) is 93.4. The van der Waals surface area contributed by atoms with Crippen LogP contribution in [0.4, 0.5) is 0 Å². The van der Waals surface area contributed by atoms with Crippen molar-refractivity contribution in [2.75, 3.05) is 73.7 Å². The summed E-state index contributed by atoms with van der Waals surface area (Å²) in [5.41, 5.74) is 31.2. The Morgan fingerprint density at radius 2 is 0.858 bits per heavy atom. The predicted molar refractivity (Wildman–Crippen MR) is 393 cm³/mol. The normalized spacial score (nSPS) is 33.1. The van der Waals surface area contributed by atoms with Gasteiger partial charge in [0.15, 0.2) is 56.1 Å². The van der Waals surface area contributed by atoms with Crippen molar-refractivity contribution in [2.45, 2.75) is 332 Å². The van der Waals surface area contributed by atoms with Gasteiger partial charge in [-0.05, 0) is 92.9 Å². The molecule has 0 N–H and O–H groups in total. The average Bonchev–Trinajstić information content (AvgIpc) is 0.756. The molecule has 6 saturated heterocycles. The maximum Gasteiger partial charge on any atom is 0.338 e. The number of carbonyl (C=O) groups is 6. The summed E-state index contributed by atoms with van der Waals surface area (Å²) in [6, 6.07) is 3.37. The van der Waals surface area contributed by atoms with Crippen LogP contribution in [0.2, 0.25) is 0 Å². The molecule has 26 atom stereocenters. The largest absolute Gasteiger partial charge is 0.467 e. The average molecular weight is 1610 g/mol. The zero-order chi connectivity index (χ0) is 81.8. The molecule has 1 aromatic rings. The molecule has 0 bridgehead atoms. The van der Waals surface area contributed by atoms with Crippen LogP contribution in [-0.2, 0) is 133 Å². The van der Waals surface area contributed by atoms with Crippen molar-refractivity contribution in [1.82, 2.24) is 0 Å². The van der Waals surface area contributed by atoms with E-state index in [0.29, 0.717) is 83.5 Å². The van der Waals surface area contributed by atoms with Crippen LogP contribution in [-0.4, -0.2) is 269 Å². The van der Waals surface area contributed by atoms with Gasteiger partial charge in [-0.2, -0.15) is 0 Å². The Kier molecular flexibility index (Phi) is 41.4. The minimum Gasteiger partial charge on any atom is -0.467 e. The summed E-state index contributed by atoms with van der Waals surface area (Å²) >= 11 is 0. The first kappa shape index (κ1) is 93.5. The highest BCUT2D eigenvalue weighted by atomic mass is 16.8. The molecule has 38 nitrogen and oxygen atoms in total. The van der Waals surface area contributed by atoms with Gasteiger partial charge in [0.2, 0.25) is 0 Å². The summed E-state index contributed by atoms with van der Waals surface area (Å²) in [6.45, 7) is 16.5. The van der Waals surface area contributed by atoms with Gasteiger partial charge < -0.3 is 109 Å². The van der Waals surface area contributed by atoms with Gasteiger partial charge in [-0.3, -0.25) is 14.4 Å².